The van der Waals surface area contributed by atoms with Crippen LogP contribution in [0.5, 0.6) is 0 Å². The number of thiophene rings is 1. The molecule has 4 aliphatic rings. The van der Waals surface area contributed by atoms with Gasteiger partial charge in [-0.3, -0.25) is 0 Å². The summed E-state index contributed by atoms with van der Waals surface area (Å²) >= 11 is 2.04. The highest BCUT2D eigenvalue weighted by molar-refractivity contribution is 7.12. The van der Waals surface area contributed by atoms with Crippen LogP contribution in [0.4, 0.5) is 0 Å². The fourth-order valence-corrected chi connectivity index (χ4v) is 7.26. The first-order valence-corrected chi connectivity index (χ1v) is 11.2. The SMILES string of the molecule is N=CC1=CC=CCC1c1sc(C2C=CC(N)=CC2)c2c1CC1(CCCC1)C2. The summed E-state index contributed by atoms with van der Waals surface area (Å²) in [5.41, 5.74) is 11.9. The Morgan fingerprint density at radius 1 is 1.11 bits per heavy atom. The molecule has 3 heteroatoms. The van der Waals surface area contributed by atoms with Gasteiger partial charge >= 0.3 is 0 Å². The number of hydrogen-bond donors (Lipinski definition) is 2. The van der Waals surface area contributed by atoms with Crippen molar-refractivity contribution in [2.75, 3.05) is 0 Å². The van der Waals surface area contributed by atoms with Crippen molar-refractivity contribution in [1.29, 1.82) is 5.41 Å². The fraction of sp³-hybridized carbons (Fsp3) is 0.458. The van der Waals surface area contributed by atoms with Gasteiger partial charge in [0.2, 0.25) is 0 Å². The predicted molar refractivity (Wildman–Crippen MR) is 115 cm³/mol. The van der Waals surface area contributed by atoms with Gasteiger partial charge in [-0.1, -0.05) is 43.2 Å². The molecule has 1 heterocycles. The number of hydrogen-bond acceptors (Lipinski definition) is 3. The average molecular weight is 377 g/mol. The van der Waals surface area contributed by atoms with Crippen LogP contribution in [-0.4, -0.2) is 6.21 Å². The Morgan fingerprint density at radius 2 is 1.89 bits per heavy atom. The van der Waals surface area contributed by atoms with Gasteiger partial charge in [0, 0.05) is 33.5 Å². The first-order valence-electron chi connectivity index (χ1n) is 10.3. The van der Waals surface area contributed by atoms with Crippen LogP contribution in [0.3, 0.4) is 0 Å². The lowest BCUT2D eigenvalue weighted by Gasteiger charge is -2.25. The molecule has 2 atom stereocenters. The molecule has 5 rings (SSSR count). The molecule has 1 spiro atoms. The van der Waals surface area contributed by atoms with Crippen molar-refractivity contribution >= 4 is 17.6 Å². The van der Waals surface area contributed by atoms with Crippen molar-refractivity contribution < 1.29 is 0 Å². The number of nitrogens with two attached hydrogens (primary N) is 1. The molecule has 0 radical (unpaired) electrons. The van der Waals surface area contributed by atoms with E-state index in [-0.39, 0.29) is 0 Å². The average Bonchev–Trinajstić information content (AvgIpc) is 3.39. The second-order valence-electron chi connectivity index (χ2n) is 8.78. The molecule has 1 fully saturated rings. The number of fused-ring (bicyclic) bond motifs is 1. The van der Waals surface area contributed by atoms with E-state index < -0.39 is 0 Å². The van der Waals surface area contributed by atoms with Crippen LogP contribution in [0, 0.1) is 10.8 Å². The molecular weight excluding hydrogens is 348 g/mol. The van der Waals surface area contributed by atoms with Crippen LogP contribution in [0.2, 0.25) is 0 Å². The van der Waals surface area contributed by atoms with E-state index in [2.05, 4.69) is 36.5 Å². The molecule has 27 heavy (non-hydrogen) atoms. The van der Waals surface area contributed by atoms with Crippen molar-refractivity contribution in [3.05, 3.63) is 68.6 Å². The second kappa shape index (κ2) is 6.63. The summed E-state index contributed by atoms with van der Waals surface area (Å²) in [7, 11) is 0. The number of rotatable bonds is 3. The van der Waals surface area contributed by atoms with E-state index in [0.717, 1.165) is 18.5 Å². The molecule has 4 aliphatic carbocycles. The minimum absolute atomic E-state index is 0.379. The van der Waals surface area contributed by atoms with Gasteiger partial charge in [0.1, 0.15) is 0 Å². The van der Waals surface area contributed by atoms with Crippen molar-refractivity contribution in [3.8, 4) is 0 Å². The Bertz CT molecular complexity index is 890. The summed E-state index contributed by atoms with van der Waals surface area (Å²) < 4.78 is 0. The van der Waals surface area contributed by atoms with Gasteiger partial charge in [0.15, 0.2) is 0 Å². The Labute approximate surface area is 166 Å². The summed E-state index contributed by atoms with van der Waals surface area (Å²) in [4.78, 5) is 3.14. The summed E-state index contributed by atoms with van der Waals surface area (Å²) in [6, 6.07) is 0. The molecule has 0 aromatic carbocycles. The highest BCUT2D eigenvalue weighted by Crippen LogP contribution is 2.56. The van der Waals surface area contributed by atoms with Crippen molar-refractivity contribution in [3.63, 3.8) is 0 Å². The smallest absolute Gasteiger partial charge is 0.0270 e. The zero-order chi connectivity index (χ0) is 18.4. The maximum Gasteiger partial charge on any atom is 0.0270 e. The summed E-state index contributed by atoms with van der Waals surface area (Å²) in [6.07, 6.45) is 24.9. The van der Waals surface area contributed by atoms with E-state index in [1.165, 1.54) is 44.1 Å². The molecule has 0 amide bonds. The standard InChI is InChI=1S/C24H28N2S/c25-15-17-5-1-2-6-19(17)23-21-14-24(11-3-4-12-24)13-20(21)22(27-23)16-7-9-18(26)10-8-16/h1-2,5,7,9-10,15-16,19,25H,3-4,6,8,11-14,26H2. The third kappa shape index (κ3) is 2.87. The van der Waals surface area contributed by atoms with Gasteiger partial charge in [0.05, 0.1) is 0 Å². The zero-order valence-electron chi connectivity index (χ0n) is 15.8. The zero-order valence-corrected chi connectivity index (χ0v) is 16.7. The first-order chi connectivity index (χ1) is 13.2. The van der Waals surface area contributed by atoms with Gasteiger partial charge in [-0.25, -0.2) is 0 Å². The van der Waals surface area contributed by atoms with Gasteiger partial charge < -0.3 is 11.1 Å². The lowest BCUT2D eigenvalue weighted by atomic mass is 9.82. The maximum absolute atomic E-state index is 7.90. The molecule has 1 aromatic rings. The molecule has 0 bridgehead atoms. The largest absolute Gasteiger partial charge is 0.399 e. The second-order valence-corrected chi connectivity index (χ2v) is 9.86. The third-order valence-electron chi connectivity index (χ3n) is 7.09. The highest BCUT2D eigenvalue weighted by atomic mass is 32.1. The van der Waals surface area contributed by atoms with E-state index in [4.69, 9.17) is 11.1 Å². The van der Waals surface area contributed by atoms with E-state index in [0.29, 0.717) is 17.3 Å². The Balaban J connectivity index is 1.58. The maximum atomic E-state index is 7.90. The van der Waals surface area contributed by atoms with E-state index in [1.807, 2.05) is 11.3 Å². The quantitative estimate of drug-likeness (QED) is 0.633. The van der Waals surface area contributed by atoms with Crippen LogP contribution in [0.15, 0.2) is 47.7 Å². The predicted octanol–water partition coefficient (Wildman–Crippen LogP) is 5.91. The Kier molecular flexibility index (Phi) is 4.23. The molecule has 0 saturated heterocycles. The molecule has 2 nitrogen and oxygen atoms in total. The van der Waals surface area contributed by atoms with E-state index in [9.17, 15) is 0 Å². The van der Waals surface area contributed by atoms with E-state index in [1.54, 1.807) is 27.1 Å². The van der Waals surface area contributed by atoms with Crippen molar-refractivity contribution in [2.45, 2.75) is 63.2 Å². The van der Waals surface area contributed by atoms with Crippen LogP contribution in [0.25, 0.3) is 0 Å². The molecular formula is C24H28N2S. The topological polar surface area (TPSA) is 49.9 Å². The van der Waals surface area contributed by atoms with Gasteiger partial charge in [-0.05, 0) is 66.7 Å². The molecule has 3 N–H and O–H groups in total. The first kappa shape index (κ1) is 17.2. The molecule has 1 aromatic heterocycles. The summed E-state index contributed by atoms with van der Waals surface area (Å²) in [5, 5.41) is 7.90. The minimum Gasteiger partial charge on any atom is -0.399 e. The van der Waals surface area contributed by atoms with Crippen LogP contribution in [0.1, 0.15) is 71.2 Å². The van der Waals surface area contributed by atoms with Crippen LogP contribution in [-0.2, 0) is 12.8 Å². The molecule has 140 valence electrons. The lowest BCUT2D eigenvalue weighted by Crippen LogP contribution is -2.17. The van der Waals surface area contributed by atoms with Crippen LogP contribution >= 0.6 is 11.3 Å². The van der Waals surface area contributed by atoms with Crippen molar-refractivity contribution in [2.24, 2.45) is 11.1 Å². The molecule has 2 unspecified atom stereocenters. The van der Waals surface area contributed by atoms with Gasteiger partial charge in [0.25, 0.3) is 0 Å². The lowest BCUT2D eigenvalue weighted by molar-refractivity contribution is 0.317. The molecule has 0 aliphatic heterocycles. The van der Waals surface area contributed by atoms with Crippen LogP contribution < -0.4 is 5.73 Å². The summed E-state index contributed by atoms with van der Waals surface area (Å²) in [5.74, 6) is 0.859. The van der Waals surface area contributed by atoms with Gasteiger partial charge in [-0.15, -0.1) is 11.3 Å². The minimum atomic E-state index is 0.379. The normalized spacial score (nSPS) is 28.3. The van der Waals surface area contributed by atoms with E-state index >= 15 is 0 Å². The van der Waals surface area contributed by atoms with Gasteiger partial charge in [-0.2, -0.15) is 0 Å². The van der Waals surface area contributed by atoms with Crippen molar-refractivity contribution in [1.82, 2.24) is 0 Å². The third-order valence-corrected chi connectivity index (χ3v) is 8.61. The number of nitrogens with one attached hydrogen (secondary N) is 1. The Hall–Kier alpha value is -1.87. The fourth-order valence-electron chi connectivity index (χ4n) is 5.68. The Morgan fingerprint density at radius 3 is 2.59 bits per heavy atom. The number of allylic oxidation sites excluding steroid dienone is 7. The molecule has 1 saturated carbocycles. The highest BCUT2D eigenvalue weighted by Gasteiger charge is 2.44. The summed E-state index contributed by atoms with van der Waals surface area (Å²) in [6.45, 7) is 0. The monoisotopic (exact) mass is 376 g/mol.